The Morgan fingerprint density at radius 1 is 1.06 bits per heavy atom. The van der Waals surface area contributed by atoms with E-state index in [1.807, 2.05) is 47.4 Å². The van der Waals surface area contributed by atoms with Gasteiger partial charge in [0.1, 0.15) is 11.8 Å². The van der Waals surface area contributed by atoms with Crippen molar-refractivity contribution in [1.29, 1.82) is 0 Å². The number of aromatic nitrogens is 1. The number of hydrogen-bond donors (Lipinski definition) is 1. The van der Waals surface area contributed by atoms with E-state index < -0.39 is 6.04 Å². The average molecular weight is 461 g/mol. The first kappa shape index (κ1) is 22.4. The smallest absolute Gasteiger partial charge is 0.256 e. The number of hydrogen-bond acceptors (Lipinski definition) is 5. The minimum atomic E-state index is -0.690. The number of nitrogens with one attached hydrogen (secondary N) is 1. The molecule has 1 N–H and O–H groups in total. The maximum Gasteiger partial charge on any atom is 0.256 e. The molecule has 1 saturated heterocycles. The van der Waals surface area contributed by atoms with Gasteiger partial charge in [0.25, 0.3) is 5.91 Å². The van der Waals surface area contributed by atoms with Gasteiger partial charge in [-0.2, -0.15) is 0 Å². The van der Waals surface area contributed by atoms with Crippen LogP contribution in [-0.4, -0.2) is 46.5 Å². The van der Waals surface area contributed by atoms with Gasteiger partial charge < -0.3 is 15.0 Å². The van der Waals surface area contributed by atoms with Crippen molar-refractivity contribution in [3.63, 3.8) is 0 Å². The zero-order valence-electron chi connectivity index (χ0n) is 18.2. The molecule has 2 aromatic carbocycles. The second-order valence-corrected chi connectivity index (χ2v) is 7.95. The summed E-state index contributed by atoms with van der Waals surface area (Å²) in [5, 5.41) is 3.25. The molecule has 168 valence electrons. The highest BCUT2D eigenvalue weighted by atomic mass is 32.1. The van der Waals surface area contributed by atoms with Crippen molar-refractivity contribution in [1.82, 2.24) is 9.88 Å². The van der Waals surface area contributed by atoms with E-state index in [0.717, 1.165) is 5.56 Å². The average Bonchev–Trinajstić information content (AvgIpc) is 3.07. The number of anilines is 2. The minimum absolute atomic E-state index is 0.00311. The molecule has 2 heterocycles. The Labute approximate surface area is 198 Å². The summed E-state index contributed by atoms with van der Waals surface area (Å²) in [5.74, 6) is 0.223. The van der Waals surface area contributed by atoms with Gasteiger partial charge in [-0.05, 0) is 72.7 Å². The Kier molecular flexibility index (Phi) is 6.95. The van der Waals surface area contributed by atoms with Crippen LogP contribution >= 0.6 is 12.2 Å². The number of methoxy groups -OCH3 is 1. The molecular formula is C25H24N4O3S. The fourth-order valence-electron chi connectivity index (χ4n) is 3.76. The summed E-state index contributed by atoms with van der Waals surface area (Å²) >= 11 is 5.71. The molecule has 1 aromatic heterocycles. The van der Waals surface area contributed by atoms with E-state index in [0.29, 0.717) is 35.2 Å². The van der Waals surface area contributed by atoms with Crippen LogP contribution in [-0.2, 0) is 16.0 Å². The zero-order chi connectivity index (χ0) is 23.2. The largest absolute Gasteiger partial charge is 0.497 e. The highest BCUT2D eigenvalue weighted by Gasteiger charge is 2.43. The molecule has 1 unspecified atom stereocenters. The third-order valence-corrected chi connectivity index (χ3v) is 5.89. The van der Waals surface area contributed by atoms with Gasteiger partial charge in [0.2, 0.25) is 5.91 Å². The van der Waals surface area contributed by atoms with E-state index in [1.165, 1.54) is 4.90 Å². The summed E-state index contributed by atoms with van der Waals surface area (Å²) in [6.07, 6.45) is 4.13. The molecule has 8 heteroatoms. The molecule has 7 nitrogen and oxygen atoms in total. The first-order valence-electron chi connectivity index (χ1n) is 10.6. The van der Waals surface area contributed by atoms with Crippen LogP contribution in [0, 0.1) is 0 Å². The van der Waals surface area contributed by atoms with Crippen LogP contribution in [0.1, 0.15) is 12.0 Å². The van der Waals surface area contributed by atoms with Crippen LogP contribution in [0.2, 0.25) is 0 Å². The molecular weight excluding hydrogens is 436 g/mol. The number of carbonyl (C=O) groups excluding carboxylic acids is 2. The minimum Gasteiger partial charge on any atom is -0.497 e. The maximum atomic E-state index is 13.5. The summed E-state index contributed by atoms with van der Waals surface area (Å²) in [6.45, 7) is 0.504. The van der Waals surface area contributed by atoms with Crippen molar-refractivity contribution >= 4 is 40.5 Å². The highest BCUT2D eigenvalue weighted by Crippen LogP contribution is 2.29. The van der Waals surface area contributed by atoms with E-state index in [4.69, 9.17) is 17.0 Å². The maximum absolute atomic E-state index is 13.5. The lowest BCUT2D eigenvalue weighted by Gasteiger charge is -2.24. The normalized spacial score (nSPS) is 15.6. The van der Waals surface area contributed by atoms with Gasteiger partial charge in [-0.1, -0.05) is 18.2 Å². The van der Waals surface area contributed by atoms with Crippen molar-refractivity contribution in [2.45, 2.75) is 18.9 Å². The fraction of sp³-hybridized carbons (Fsp3) is 0.200. The third kappa shape index (κ3) is 5.18. The lowest BCUT2D eigenvalue weighted by molar-refractivity contribution is -0.124. The topological polar surface area (TPSA) is 74.8 Å². The molecule has 33 heavy (non-hydrogen) atoms. The molecule has 1 aliphatic rings. The summed E-state index contributed by atoms with van der Waals surface area (Å²) < 4.78 is 5.22. The van der Waals surface area contributed by atoms with E-state index in [1.54, 1.807) is 43.8 Å². The summed E-state index contributed by atoms with van der Waals surface area (Å²) in [5.41, 5.74) is 2.41. The van der Waals surface area contributed by atoms with Gasteiger partial charge in [-0.3, -0.25) is 19.5 Å². The molecule has 0 aliphatic carbocycles. The molecule has 3 aromatic rings. The Morgan fingerprint density at radius 3 is 2.42 bits per heavy atom. The van der Waals surface area contributed by atoms with Crippen molar-refractivity contribution in [3.8, 4) is 5.75 Å². The van der Waals surface area contributed by atoms with Crippen LogP contribution in [0.3, 0.4) is 0 Å². The van der Waals surface area contributed by atoms with Crippen LogP contribution in [0.5, 0.6) is 5.75 Å². The molecule has 1 aliphatic heterocycles. The number of pyridine rings is 1. The number of para-hydroxylation sites is 1. The van der Waals surface area contributed by atoms with E-state index in [2.05, 4.69) is 10.3 Å². The highest BCUT2D eigenvalue weighted by molar-refractivity contribution is 7.80. The monoisotopic (exact) mass is 460 g/mol. The molecule has 0 radical (unpaired) electrons. The molecule has 1 fully saturated rings. The second kappa shape index (κ2) is 10.2. The Balaban J connectivity index is 1.56. The van der Waals surface area contributed by atoms with Crippen molar-refractivity contribution in [2.75, 3.05) is 23.9 Å². The summed E-state index contributed by atoms with van der Waals surface area (Å²) in [7, 11) is 1.59. The summed E-state index contributed by atoms with van der Waals surface area (Å²) in [4.78, 5) is 33.6. The predicted molar refractivity (Wildman–Crippen MR) is 131 cm³/mol. The van der Waals surface area contributed by atoms with Gasteiger partial charge in [-0.25, -0.2) is 0 Å². The van der Waals surface area contributed by atoms with Crippen LogP contribution in [0.4, 0.5) is 11.4 Å². The van der Waals surface area contributed by atoms with E-state index >= 15 is 0 Å². The number of nitrogens with zero attached hydrogens (tertiary/aromatic N) is 3. The lowest BCUT2D eigenvalue weighted by atomic mass is 10.1. The number of ether oxygens (including phenoxy) is 1. The number of carbonyl (C=O) groups is 2. The lowest BCUT2D eigenvalue weighted by Crippen LogP contribution is -2.39. The van der Waals surface area contributed by atoms with Crippen molar-refractivity contribution in [3.05, 3.63) is 84.7 Å². The first-order chi connectivity index (χ1) is 16.1. The molecule has 4 rings (SSSR count). The number of thiocarbonyl (C=S) groups is 1. The molecule has 2 amide bonds. The number of rotatable bonds is 8. The molecule has 0 saturated carbocycles. The van der Waals surface area contributed by atoms with Crippen LogP contribution in [0.15, 0.2) is 79.1 Å². The van der Waals surface area contributed by atoms with Gasteiger partial charge in [0, 0.05) is 24.6 Å². The van der Waals surface area contributed by atoms with Gasteiger partial charge in [0.05, 0.1) is 19.2 Å². The van der Waals surface area contributed by atoms with Crippen molar-refractivity contribution in [2.24, 2.45) is 0 Å². The number of amides is 2. The fourth-order valence-corrected chi connectivity index (χ4v) is 4.18. The van der Waals surface area contributed by atoms with Crippen LogP contribution in [0.25, 0.3) is 0 Å². The van der Waals surface area contributed by atoms with E-state index in [9.17, 15) is 9.59 Å². The van der Waals surface area contributed by atoms with Gasteiger partial charge >= 0.3 is 0 Å². The quantitative estimate of drug-likeness (QED) is 0.517. The SMILES string of the molecule is COc1ccc(N2C(=O)C(CC(=O)Nc3ccccc3)N(CCc3ccncc3)C2=S)cc1. The third-order valence-electron chi connectivity index (χ3n) is 5.48. The molecule has 1 atom stereocenters. The van der Waals surface area contributed by atoms with Gasteiger partial charge in [0.15, 0.2) is 5.11 Å². The number of benzene rings is 2. The summed E-state index contributed by atoms with van der Waals surface area (Å²) in [6, 6.07) is 19.5. The Morgan fingerprint density at radius 2 is 1.76 bits per heavy atom. The van der Waals surface area contributed by atoms with Crippen LogP contribution < -0.4 is 15.0 Å². The van der Waals surface area contributed by atoms with Gasteiger partial charge in [-0.15, -0.1) is 0 Å². The van der Waals surface area contributed by atoms with E-state index in [-0.39, 0.29) is 18.2 Å². The van der Waals surface area contributed by atoms with Crippen molar-refractivity contribution < 1.29 is 14.3 Å². The molecule has 0 spiro atoms. The Bertz CT molecular complexity index is 1120. The zero-order valence-corrected chi connectivity index (χ0v) is 19.0. The Hall–Kier alpha value is -3.78. The predicted octanol–water partition coefficient (Wildman–Crippen LogP) is 3.66. The first-order valence-corrected chi connectivity index (χ1v) is 11.0. The molecule has 0 bridgehead atoms. The standard InChI is InChI=1S/C25H24N4O3S/c1-32-21-9-7-20(8-10-21)29-24(31)22(17-23(30)27-19-5-3-2-4-6-19)28(25(29)33)16-13-18-11-14-26-15-12-18/h2-12,14-15,22H,13,16-17H2,1H3,(H,27,30). The second-order valence-electron chi connectivity index (χ2n) is 7.59.